The van der Waals surface area contributed by atoms with Crippen LogP contribution >= 0.6 is 11.6 Å². The molecule has 1 aliphatic heterocycles. The topological polar surface area (TPSA) is 31.4 Å². The highest BCUT2D eigenvalue weighted by Gasteiger charge is 2.18. The predicted octanol–water partition coefficient (Wildman–Crippen LogP) is 3.10. The Labute approximate surface area is 130 Å². The molecule has 0 atom stereocenters. The van der Waals surface area contributed by atoms with E-state index in [1.807, 2.05) is 31.4 Å². The first kappa shape index (κ1) is 14.0. The molecule has 1 aliphatic rings. The van der Waals surface area contributed by atoms with Crippen molar-refractivity contribution in [2.45, 2.75) is 0 Å². The number of halogens is 1. The van der Waals surface area contributed by atoms with E-state index in [-0.39, 0.29) is 0 Å². The summed E-state index contributed by atoms with van der Waals surface area (Å²) in [5.41, 5.74) is 2.42. The minimum absolute atomic E-state index is 0.794. The Morgan fingerprint density at radius 3 is 2.29 bits per heavy atom. The summed E-state index contributed by atoms with van der Waals surface area (Å²) in [6, 6.07) is 12.2. The first-order valence-corrected chi connectivity index (χ1v) is 7.53. The fourth-order valence-corrected chi connectivity index (χ4v) is 2.83. The maximum atomic E-state index is 6.07. The number of aromatic nitrogens is 1. The normalized spacial score (nSPS) is 15.1. The molecule has 0 saturated carbocycles. The first-order valence-electron chi connectivity index (χ1n) is 7.15. The number of anilines is 3. The molecule has 0 aliphatic carbocycles. The zero-order chi connectivity index (χ0) is 14.7. The van der Waals surface area contributed by atoms with Gasteiger partial charge in [0.1, 0.15) is 5.82 Å². The van der Waals surface area contributed by atoms with E-state index in [1.165, 1.54) is 11.4 Å². The highest BCUT2D eigenvalue weighted by Crippen LogP contribution is 2.23. The van der Waals surface area contributed by atoms with Gasteiger partial charge < -0.3 is 15.1 Å². The van der Waals surface area contributed by atoms with Gasteiger partial charge in [0.05, 0.1) is 0 Å². The largest absolute Gasteiger partial charge is 0.373 e. The van der Waals surface area contributed by atoms with Crippen LogP contribution in [0.4, 0.5) is 17.2 Å². The van der Waals surface area contributed by atoms with Crippen molar-refractivity contribution < 1.29 is 0 Å². The summed E-state index contributed by atoms with van der Waals surface area (Å²) in [4.78, 5) is 9.03. The second-order valence-corrected chi connectivity index (χ2v) is 5.54. The number of hydrogen-bond acceptors (Lipinski definition) is 4. The van der Waals surface area contributed by atoms with E-state index in [0.717, 1.165) is 37.0 Å². The van der Waals surface area contributed by atoms with Crippen LogP contribution in [0.5, 0.6) is 0 Å². The summed E-state index contributed by atoms with van der Waals surface area (Å²) in [6.07, 6.45) is 1.85. The molecule has 0 unspecified atom stereocenters. The lowest BCUT2D eigenvalue weighted by Crippen LogP contribution is -2.46. The molecule has 110 valence electrons. The van der Waals surface area contributed by atoms with Gasteiger partial charge in [-0.05, 0) is 24.3 Å². The van der Waals surface area contributed by atoms with Gasteiger partial charge in [-0.2, -0.15) is 0 Å². The SMILES string of the molecule is CNc1cc(N2CCN(c3cccc(Cl)c3)CC2)ccn1. The summed E-state index contributed by atoms with van der Waals surface area (Å²) >= 11 is 6.07. The van der Waals surface area contributed by atoms with Gasteiger partial charge in [-0.15, -0.1) is 0 Å². The molecule has 1 saturated heterocycles. The standard InChI is InChI=1S/C16H19ClN4/c1-18-16-12-15(5-6-19-16)21-9-7-20(8-10-21)14-4-2-3-13(17)11-14/h2-6,11-12H,7-10H2,1H3,(H,18,19). The van der Waals surface area contributed by atoms with Crippen molar-refractivity contribution in [1.29, 1.82) is 0 Å². The minimum Gasteiger partial charge on any atom is -0.373 e. The Balaban J connectivity index is 1.67. The van der Waals surface area contributed by atoms with Gasteiger partial charge in [0, 0.05) is 61.9 Å². The fourth-order valence-electron chi connectivity index (χ4n) is 2.65. The molecular weight excluding hydrogens is 284 g/mol. The molecule has 2 aromatic rings. The van der Waals surface area contributed by atoms with Crippen LogP contribution in [0.15, 0.2) is 42.6 Å². The van der Waals surface area contributed by atoms with Crippen LogP contribution in [0, 0.1) is 0 Å². The van der Waals surface area contributed by atoms with Crippen LogP contribution < -0.4 is 15.1 Å². The molecule has 5 heteroatoms. The molecule has 4 nitrogen and oxygen atoms in total. The first-order chi connectivity index (χ1) is 10.3. The molecule has 21 heavy (non-hydrogen) atoms. The van der Waals surface area contributed by atoms with Gasteiger partial charge in [-0.25, -0.2) is 4.98 Å². The van der Waals surface area contributed by atoms with Crippen molar-refractivity contribution in [2.24, 2.45) is 0 Å². The van der Waals surface area contributed by atoms with Crippen molar-refractivity contribution >= 4 is 28.8 Å². The molecule has 0 spiro atoms. The van der Waals surface area contributed by atoms with Crippen molar-refractivity contribution in [3.8, 4) is 0 Å². The molecule has 0 radical (unpaired) electrons. The third kappa shape index (κ3) is 3.22. The molecule has 2 heterocycles. The van der Waals surface area contributed by atoms with E-state index in [2.05, 4.69) is 38.3 Å². The fraction of sp³-hybridized carbons (Fsp3) is 0.312. The van der Waals surface area contributed by atoms with Gasteiger partial charge in [-0.1, -0.05) is 17.7 Å². The van der Waals surface area contributed by atoms with E-state index in [1.54, 1.807) is 0 Å². The average Bonchev–Trinajstić information content (AvgIpc) is 2.55. The highest BCUT2D eigenvalue weighted by atomic mass is 35.5. The lowest BCUT2D eigenvalue weighted by molar-refractivity contribution is 0.653. The third-order valence-electron chi connectivity index (χ3n) is 3.82. The van der Waals surface area contributed by atoms with E-state index < -0.39 is 0 Å². The maximum Gasteiger partial charge on any atom is 0.127 e. The van der Waals surface area contributed by atoms with Gasteiger partial charge in [0.2, 0.25) is 0 Å². The summed E-state index contributed by atoms with van der Waals surface area (Å²) < 4.78 is 0. The molecule has 0 bridgehead atoms. The number of pyridine rings is 1. The molecule has 1 fully saturated rings. The maximum absolute atomic E-state index is 6.07. The molecule has 1 aromatic carbocycles. The molecule has 0 amide bonds. The predicted molar refractivity (Wildman–Crippen MR) is 89.7 cm³/mol. The van der Waals surface area contributed by atoms with E-state index in [4.69, 9.17) is 11.6 Å². The summed E-state index contributed by atoms with van der Waals surface area (Å²) in [5.74, 6) is 0.907. The summed E-state index contributed by atoms with van der Waals surface area (Å²) in [6.45, 7) is 3.99. The van der Waals surface area contributed by atoms with Crippen LogP contribution in [0.1, 0.15) is 0 Å². The Bertz CT molecular complexity index is 609. The summed E-state index contributed by atoms with van der Waals surface area (Å²) in [7, 11) is 1.89. The third-order valence-corrected chi connectivity index (χ3v) is 4.05. The molecular formula is C16H19ClN4. The van der Waals surface area contributed by atoms with Crippen molar-refractivity contribution in [2.75, 3.05) is 48.3 Å². The monoisotopic (exact) mass is 302 g/mol. The Kier molecular flexibility index (Phi) is 4.15. The number of rotatable bonds is 3. The van der Waals surface area contributed by atoms with Gasteiger partial charge >= 0.3 is 0 Å². The van der Waals surface area contributed by atoms with Gasteiger partial charge in [0.25, 0.3) is 0 Å². The van der Waals surface area contributed by atoms with Crippen LogP contribution in [0.2, 0.25) is 5.02 Å². The second-order valence-electron chi connectivity index (χ2n) is 5.10. The second kappa shape index (κ2) is 6.22. The van der Waals surface area contributed by atoms with E-state index in [9.17, 15) is 0 Å². The zero-order valence-electron chi connectivity index (χ0n) is 12.1. The van der Waals surface area contributed by atoms with Crippen molar-refractivity contribution in [3.63, 3.8) is 0 Å². The number of hydrogen-bond donors (Lipinski definition) is 1. The smallest absolute Gasteiger partial charge is 0.127 e. The number of nitrogens with zero attached hydrogens (tertiary/aromatic N) is 3. The number of benzene rings is 1. The molecule has 3 rings (SSSR count). The molecule has 1 N–H and O–H groups in total. The quantitative estimate of drug-likeness (QED) is 0.944. The van der Waals surface area contributed by atoms with Crippen molar-refractivity contribution in [3.05, 3.63) is 47.6 Å². The Morgan fingerprint density at radius 2 is 1.67 bits per heavy atom. The lowest BCUT2D eigenvalue weighted by Gasteiger charge is -2.37. The average molecular weight is 303 g/mol. The van der Waals surface area contributed by atoms with Crippen LogP contribution in [0.25, 0.3) is 0 Å². The Hall–Kier alpha value is -1.94. The lowest BCUT2D eigenvalue weighted by atomic mass is 10.2. The van der Waals surface area contributed by atoms with E-state index >= 15 is 0 Å². The van der Waals surface area contributed by atoms with E-state index in [0.29, 0.717) is 0 Å². The van der Waals surface area contributed by atoms with Crippen LogP contribution in [-0.2, 0) is 0 Å². The van der Waals surface area contributed by atoms with Crippen molar-refractivity contribution in [1.82, 2.24) is 4.98 Å². The minimum atomic E-state index is 0.794. The van der Waals surface area contributed by atoms with Crippen LogP contribution in [-0.4, -0.2) is 38.2 Å². The summed E-state index contributed by atoms with van der Waals surface area (Å²) in [5, 5.41) is 3.88. The Morgan fingerprint density at radius 1 is 1.00 bits per heavy atom. The van der Waals surface area contributed by atoms with Gasteiger partial charge in [-0.3, -0.25) is 0 Å². The molecule has 1 aromatic heterocycles. The highest BCUT2D eigenvalue weighted by molar-refractivity contribution is 6.30. The zero-order valence-corrected chi connectivity index (χ0v) is 12.8. The number of piperazine rings is 1. The van der Waals surface area contributed by atoms with Gasteiger partial charge in [0.15, 0.2) is 0 Å². The number of nitrogens with one attached hydrogen (secondary N) is 1. The van der Waals surface area contributed by atoms with Crippen LogP contribution in [0.3, 0.4) is 0 Å².